The van der Waals surface area contributed by atoms with E-state index in [1.807, 2.05) is 17.9 Å². The first-order valence-electron chi connectivity index (χ1n) is 9.81. The lowest BCUT2D eigenvalue weighted by Gasteiger charge is -2.30. The van der Waals surface area contributed by atoms with Crippen molar-refractivity contribution < 1.29 is 4.79 Å². The van der Waals surface area contributed by atoms with Crippen LogP contribution in [-0.4, -0.2) is 38.8 Å². The molecule has 144 valence electrons. The summed E-state index contributed by atoms with van der Waals surface area (Å²) in [4.78, 5) is 14.9. The molecule has 0 bridgehead atoms. The highest BCUT2D eigenvalue weighted by atomic mass is 32.2. The van der Waals surface area contributed by atoms with Crippen LogP contribution in [0.3, 0.4) is 0 Å². The molecule has 2 aliphatic rings. The minimum absolute atomic E-state index is 0.147. The molecule has 0 radical (unpaired) electrons. The summed E-state index contributed by atoms with van der Waals surface area (Å²) in [6, 6.07) is 8.94. The number of aromatic nitrogens is 2. The van der Waals surface area contributed by atoms with Crippen LogP contribution in [0.25, 0.3) is 0 Å². The number of thioether (sulfide) groups is 1. The van der Waals surface area contributed by atoms with E-state index in [1.54, 1.807) is 11.3 Å². The van der Waals surface area contributed by atoms with Crippen molar-refractivity contribution in [1.29, 1.82) is 0 Å². The molecule has 1 aliphatic heterocycles. The van der Waals surface area contributed by atoms with Gasteiger partial charge in [0.15, 0.2) is 4.34 Å². The summed E-state index contributed by atoms with van der Waals surface area (Å²) in [5.41, 5.74) is 2.63. The summed E-state index contributed by atoms with van der Waals surface area (Å²) in [7, 11) is 0. The molecule has 7 heteroatoms. The van der Waals surface area contributed by atoms with Gasteiger partial charge in [-0.2, -0.15) is 0 Å². The van der Waals surface area contributed by atoms with Crippen LogP contribution in [0.4, 0.5) is 5.13 Å². The Balaban J connectivity index is 1.32. The van der Waals surface area contributed by atoms with Crippen molar-refractivity contribution in [2.75, 3.05) is 11.9 Å². The van der Waals surface area contributed by atoms with Gasteiger partial charge in [-0.25, -0.2) is 0 Å². The van der Waals surface area contributed by atoms with Gasteiger partial charge >= 0.3 is 0 Å². The monoisotopic (exact) mass is 402 g/mol. The number of hydrogen-bond donors (Lipinski definition) is 1. The zero-order valence-electron chi connectivity index (χ0n) is 15.7. The average Bonchev–Trinajstić information content (AvgIpc) is 3.14. The van der Waals surface area contributed by atoms with E-state index in [4.69, 9.17) is 0 Å². The molecular weight excluding hydrogens is 376 g/mol. The predicted octanol–water partition coefficient (Wildman–Crippen LogP) is 4.35. The normalized spacial score (nSPS) is 18.8. The molecule has 1 aliphatic carbocycles. The SMILES string of the molecule is C[C@H](Sc1nnc(NC2CCCCC2)s1)C(=O)N1CCc2ccccc2C1. The van der Waals surface area contributed by atoms with Crippen molar-refractivity contribution in [2.24, 2.45) is 0 Å². The second kappa shape index (κ2) is 8.61. The third-order valence-electron chi connectivity index (χ3n) is 5.41. The molecule has 0 spiro atoms. The van der Waals surface area contributed by atoms with Gasteiger partial charge in [0, 0.05) is 19.1 Å². The maximum absolute atomic E-state index is 12.9. The van der Waals surface area contributed by atoms with Crippen LogP contribution >= 0.6 is 23.1 Å². The summed E-state index contributed by atoms with van der Waals surface area (Å²) < 4.78 is 0.867. The number of benzene rings is 1. The van der Waals surface area contributed by atoms with E-state index in [0.717, 1.165) is 22.4 Å². The quantitative estimate of drug-likeness (QED) is 0.754. The molecule has 2 heterocycles. The van der Waals surface area contributed by atoms with Crippen LogP contribution in [-0.2, 0) is 17.8 Å². The Bertz CT molecular complexity index is 788. The van der Waals surface area contributed by atoms with E-state index in [-0.39, 0.29) is 11.2 Å². The van der Waals surface area contributed by atoms with E-state index in [0.29, 0.717) is 12.6 Å². The molecule has 1 saturated carbocycles. The minimum Gasteiger partial charge on any atom is -0.357 e. The molecule has 1 amide bonds. The average molecular weight is 403 g/mol. The van der Waals surface area contributed by atoms with Gasteiger partial charge < -0.3 is 10.2 Å². The molecule has 4 rings (SSSR count). The number of nitrogens with zero attached hydrogens (tertiary/aromatic N) is 3. The molecule has 0 unspecified atom stereocenters. The van der Waals surface area contributed by atoms with E-state index >= 15 is 0 Å². The number of fused-ring (bicyclic) bond motifs is 1. The van der Waals surface area contributed by atoms with E-state index < -0.39 is 0 Å². The van der Waals surface area contributed by atoms with Crippen molar-refractivity contribution >= 4 is 34.1 Å². The first kappa shape index (κ1) is 18.7. The molecule has 2 aromatic rings. The number of carbonyl (C=O) groups is 1. The number of hydrogen-bond acceptors (Lipinski definition) is 6. The number of anilines is 1. The molecular formula is C20H26N4OS2. The number of nitrogens with one attached hydrogen (secondary N) is 1. The summed E-state index contributed by atoms with van der Waals surface area (Å²) in [5, 5.41) is 12.8. The van der Waals surface area contributed by atoms with Crippen molar-refractivity contribution in [2.45, 2.75) is 67.6 Å². The topological polar surface area (TPSA) is 58.1 Å². The van der Waals surface area contributed by atoms with E-state index in [9.17, 15) is 4.79 Å². The van der Waals surface area contributed by atoms with Crippen molar-refractivity contribution in [1.82, 2.24) is 15.1 Å². The zero-order chi connectivity index (χ0) is 18.6. The Kier molecular flexibility index (Phi) is 5.98. The molecule has 0 saturated heterocycles. The summed E-state index contributed by atoms with van der Waals surface area (Å²) in [5.74, 6) is 0.187. The van der Waals surface area contributed by atoms with Gasteiger partial charge in [-0.3, -0.25) is 4.79 Å². The highest BCUT2D eigenvalue weighted by Crippen LogP contribution is 2.32. The van der Waals surface area contributed by atoms with Gasteiger partial charge in [0.2, 0.25) is 11.0 Å². The van der Waals surface area contributed by atoms with Crippen molar-refractivity contribution in [3.05, 3.63) is 35.4 Å². The molecule has 1 N–H and O–H groups in total. The predicted molar refractivity (Wildman–Crippen MR) is 111 cm³/mol. The Morgan fingerprint density at radius 3 is 2.81 bits per heavy atom. The van der Waals surface area contributed by atoms with Crippen LogP contribution in [0, 0.1) is 0 Å². The molecule has 1 aromatic carbocycles. The maximum atomic E-state index is 12.9. The number of carbonyl (C=O) groups excluding carboxylic acids is 1. The first-order valence-corrected chi connectivity index (χ1v) is 11.5. The van der Waals surface area contributed by atoms with Crippen LogP contribution in [0.5, 0.6) is 0 Å². The maximum Gasteiger partial charge on any atom is 0.236 e. The standard InChI is InChI=1S/C20H26N4OS2/c1-14(18(25)24-12-11-15-7-5-6-8-16(15)13-24)26-20-23-22-19(27-20)21-17-9-3-2-4-10-17/h5-8,14,17H,2-4,9-13H2,1H3,(H,21,22)/t14-/m0/s1. The lowest BCUT2D eigenvalue weighted by molar-refractivity contribution is -0.131. The second-order valence-electron chi connectivity index (χ2n) is 7.39. The van der Waals surface area contributed by atoms with Gasteiger partial charge in [-0.1, -0.05) is 66.6 Å². The van der Waals surface area contributed by atoms with Crippen molar-refractivity contribution in [3.63, 3.8) is 0 Å². The second-order valence-corrected chi connectivity index (χ2v) is 9.96. The summed E-state index contributed by atoms with van der Waals surface area (Å²) >= 11 is 3.09. The van der Waals surface area contributed by atoms with Gasteiger partial charge in [-0.15, -0.1) is 10.2 Å². The van der Waals surface area contributed by atoms with Gasteiger partial charge in [0.25, 0.3) is 0 Å². The van der Waals surface area contributed by atoms with Crippen molar-refractivity contribution in [3.8, 4) is 0 Å². The molecule has 1 fully saturated rings. The lowest BCUT2D eigenvalue weighted by atomic mass is 9.96. The Hall–Kier alpha value is -1.60. The third kappa shape index (κ3) is 4.63. The first-order chi connectivity index (χ1) is 13.2. The van der Waals surface area contributed by atoms with Crippen LogP contribution in [0.2, 0.25) is 0 Å². The highest BCUT2D eigenvalue weighted by Gasteiger charge is 2.26. The van der Waals surface area contributed by atoms with Gasteiger partial charge in [0.1, 0.15) is 0 Å². The van der Waals surface area contributed by atoms with Crippen LogP contribution in [0.15, 0.2) is 28.6 Å². The van der Waals surface area contributed by atoms with E-state index in [2.05, 4.69) is 33.7 Å². The van der Waals surface area contributed by atoms with Gasteiger partial charge in [0.05, 0.1) is 5.25 Å². The fourth-order valence-corrected chi connectivity index (χ4v) is 5.94. The zero-order valence-corrected chi connectivity index (χ0v) is 17.3. The van der Waals surface area contributed by atoms with Crippen LogP contribution < -0.4 is 5.32 Å². The molecule has 27 heavy (non-hydrogen) atoms. The fourth-order valence-electron chi connectivity index (χ4n) is 3.88. The smallest absolute Gasteiger partial charge is 0.236 e. The Morgan fingerprint density at radius 1 is 1.22 bits per heavy atom. The largest absolute Gasteiger partial charge is 0.357 e. The highest BCUT2D eigenvalue weighted by molar-refractivity contribution is 8.02. The minimum atomic E-state index is -0.147. The van der Waals surface area contributed by atoms with E-state index in [1.165, 1.54) is 55.0 Å². The summed E-state index contributed by atoms with van der Waals surface area (Å²) in [6.07, 6.45) is 7.30. The number of rotatable bonds is 5. The fraction of sp³-hybridized carbons (Fsp3) is 0.550. The number of amides is 1. The molecule has 1 aromatic heterocycles. The summed E-state index contributed by atoms with van der Waals surface area (Å²) in [6.45, 7) is 3.49. The third-order valence-corrected chi connectivity index (χ3v) is 7.43. The Morgan fingerprint density at radius 2 is 2.00 bits per heavy atom. The molecule has 1 atom stereocenters. The van der Waals surface area contributed by atoms with Crippen LogP contribution in [0.1, 0.15) is 50.2 Å². The lowest BCUT2D eigenvalue weighted by Crippen LogP contribution is -2.40. The Labute approximate surface area is 168 Å². The molecule has 5 nitrogen and oxygen atoms in total. The van der Waals surface area contributed by atoms with Gasteiger partial charge in [-0.05, 0) is 37.3 Å².